The third-order valence-corrected chi connectivity index (χ3v) is 6.64. The van der Waals surface area contributed by atoms with E-state index in [1.807, 2.05) is 0 Å². The molecule has 4 saturated carbocycles. The van der Waals surface area contributed by atoms with E-state index in [0.29, 0.717) is 23.3 Å². The second-order valence-corrected chi connectivity index (χ2v) is 8.86. The van der Waals surface area contributed by atoms with Crippen molar-refractivity contribution in [1.82, 2.24) is 10.6 Å². The Bertz CT molecular complexity index is 384. The summed E-state index contributed by atoms with van der Waals surface area (Å²) < 4.78 is 0. The first-order valence-corrected chi connectivity index (χ1v) is 9.10. The molecule has 1 heterocycles. The smallest absolute Gasteiger partial charge is 0.220 e. The van der Waals surface area contributed by atoms with Gasteiger partial charge in [-0.3, -0.25) is 4.79 Å². The Morgan fingerprint density at radius 3 is 2.24 bits per heavy atom. The third-order valence-electron chi connectivity index (χ3n) is 6.64. The largest absolute Gasteiger partial charge is 0.352 e. The zero-order valence-corrected chi connectivity index (χ0v) is 13.4. The molecule has 3 nitrogen and oxygen atoms in total. The van der Waals surface area contributed by atoms with Crippen LogP contribution in [0.4, 0.5) is 0 Å². The Balaban J connectivity index is 1.36. The van der Waals surface area contributed by atoms with Crippen LogP contribution < -0.4 is 10.6 Å². The number of hydrogen-bond acceptors (Lipinski definition) is 2. The topological polar surface area (TPSA) is 41.1 Å². The van der Waals surface area contributed by atoms with Crippen molar-refractivity contribution in [3.8, 4) is 0 Å². The zero-order chi connectivity index (χ0) is 14.4. The van der Waals surface area contributed by atoms with Gasteiger partial charge in [-0.2, -0.15) is 0 Å². The molecule has 0 aromatic carbocycles. The van der Waals surface area contributed by atoms with Crippen LogP contribution in [0.2, 0.25) is 0 Å². The molecule has 118 valence electrons. The van der Waals surface area contributed by atoms with Gasteiger partial charge in [-0.1, -0.05) is 6.92 Å². The van der Waals surface area contributed by atoms with Crippen molar-refractivity contribution in [3.05, 3.63) is 0 Å². The van der Waals surface area contributed by atoms with Gasteiger partial charge in [0.15, 0.2) is 0 Å². The highest BCUT2D eigenvalue weighted by Crippen LogP contribution is 2.61. The van der Waals surface area contributed by atoms with Crippen LogP contribution in [0.15, 0.2) is 0 Å². The third kappa shape index (κ3) is 2.86. The van der Waals surface area contributed by atoms with E-state index in [2.05, 4.69) is 17.6 Å². The van der Waals surface area contributed by atoms with Gasteiger partial charge in [0.2, 0.25) is 5.91 Å². The Hall–Kier alpha value is -0.570. The van der Waals surface area contributed by atoms with E-state index in [9.17, 15) is 4.79 Å². The minimum atomic E-state index is 0.331. The summed E-state index contributed by atoms with van der Waals surface area (Å²) in [5.41, 5.74) is 0.381. The predicted octanol–water partition coefficient (Wildman–Crippen LogP) is 2.71. The number of carbonyl (C=O) groups is 1. The lowest BCUT2D eigenvalue weighted by Crippen LogP contribution is -2.51. The van der Waals surface area contributed by atoms with E-state index in [4.69, 9.17) is 0 Å². The van der Waals surface area contributed by atoms with Crippen molar-refractivity contribution < 1.29 is 4.79 Å². The first-order valence-electron chi connectivity index (χ1n) is 9.10. The van der Waals surface area contributed by atoms with Crippen molar-refractivity contribution in [3.63, 3.8) is 0 Å². The summed E-state index contributed by atoms with van der Waals surface area (Å²) >= 11 is 0. The molecule has 2 unspecified atom stereocenters. The maximum absolute atomic E-state index is 12.6. The number of nitrogens with one attached hydrogen (secondary N) is 2. The first-order chi connectivity index (χ1) is 10.1. The van der Waals surface area contributed by atoms with Gasteiger partial charge in [0.1, 0.15) is 0 Å². The van der Waals surface area contributed by atoms with Gasteiger partial charge in [-0.25, -0.2) is 0 Å². The molecule has 5 aliphatic rings. The van der Waals surface area contributed by atoms with Crippen LogP contribution in [-0.4, -0.2) is 25.0 Å². The van der Waals surface area contributed by atoms with Crippen molar-refractivity contribution in [2.24, 2.45) is 29.1 Å². The predicted molar refractivity (Wildman–Crippen MR) is 83.8 cm³/mol. The lowest BCUT2D eigenvalue weighted by molar-refractivity contribution is -0.130. The molecule has 5 fully saturated rings. The van der Waals surface area contributed by atoms with E-state index in [1.54, 1.807) is 0 Å². The molecule has 0 spiro atoms. The number of hydrogen-bond donors (Lipinski definition) is 2. The SMILES string of the molecule is CC1CNCC(NC(=O)CC23CC4CC(CC(C4)C2)C3)C1. The molecular formula is C18H30N2O. The fourth-order valence-electron chi connectivity index (χ4n) is 6.39. The fourth-order valence-corrected chi connectivity index (χ4v) is 6.39. The van der Waals surface area contributed by atoms with Gasteiger partial charge < -0.3 is 10.6 Å². The summed E-state index contributed by atoms with van der Waals surface area (Å²) in [6.07, 6.45) is 10.4. The highest BCUT2D eigenvalue weighted by molar-refractivity contribution is 5.77. The van der Waals surface area contributed by atoms with Gasteiger partial charge >= 0.3 is 0 Å². The monoisotopic (exact) mass is 290 g/mol. The molecule has 21 heavy (non-hydrogen) atoms. The number of amides is 1. The summed E-state index contributed by atoms with van der Waals surface area (Å²) in [7, 11) is 0. The van der Waals surface area contributed by atoms with E-state index < -0.39 is 0 Å². The van der Waals surface area contributed by atoms with E-state index in [-0.39, 0.29) is 0 Å². The van der Waals surface area contributed by atoms with Crippen LogP contribution in [0.3, 0.4) is 0 Å². The van der Waals surface area contributed by atoms with Crippen LogP contribution in [0.1, 0.15) is 58.3 Å². The van der Waals surface area contributed by atoms with E-state index in [1.165, 1.54) is 38.5 Å². The Kier molecular flexibility index (Phi) is 3.52. The van der Waals surface area contributed by atoms with E-state index in [0.717, 1.165) is 43.7 Å². The van der Waals surface area contributed by atoms with Crippen molar-refractivity contribution in [2.75, 3.05) is 13.1 Å². The number of piperidine rings is 1. The van der Waals surface area contributed by atoms with Gasteiger partial charge in [-0.15, -0.1) is 0 Å². The molecule has 1 amide bonds. The Labute approximate surface area is 128 Å². The maximum Gasteiger partial charge on any atom is 0.220 e. The van der Waals surface area contributed by atoms with Gasteiger partial charge in [0.05, 0.1) is 0 Å². The minimum absolute atomic E-state index is 0.331. The molecule has 0 aromatic heterocycles. The summed E-state index contributed by atoms with van der Waals surface area (Å²) in [6.45, 7) is 4.32. The molecule has 0 aromatic rings. The van der Waals surface area contributed by atoms with Crippen LogP contribution in [0.25, 0.3) is 0 Å². The van der Waals surface area contributed by atoms with Gasteiger partial charge in [0.25, 0.3) is 0 Å². The van der Waals surface area contributed by atoms with Crippen LogP contribution in [0.5, 0.6) is 0 Å². The highest BCUT2D eigenvalue weighted by atomic mass is 16.1. The second kappa shape index (κ2) is 5.26. The molecule has 0 radical (unpaired) electrons. The summed E-state index contributed by atoms with van der Waals surface area (Å²) in [5.74, 6) is 3.85. The fraction of sp³-hybridized carbons (Fsp3) is 0.944. The molecule has 4 bridgehead atoms. The summed E-state index contributed by atoms with van der Waals surface area (Å²) in [5, 5.41) is 6.76. The van der Waals surface area contributed by atoms with Gasteiger partial charge in [0, 0.05) is 19.0 Å². The molecule has 5 rings (SSSR count). The molecule has 2 N–H and O–H groups in total. The molecule has 3 heteroatoms. The number of carbonyl (C=O) groups excluding carboxylic acids is 1. The summed E-state index contributed by atoms with van der Waals surface area (Å²) in [6, 6.07) is 0.357. The van der Waals surface area contributed by atoms with Crippen LogP contribution in [-0.2, 0) is 4.79 Å². The lowest BCUT2D eigenvalue weighted by atomic mass is 9.49. The zero-order valence-electron chi connectivity index (χ0n) is 13.4. The number of rotatable bonds is 3. The minimum Gasteiger partial charge on any atom is -0.352 e. The van der Waals surface area contributed by atoms with Crippen molar-refractivity contribution in [1.29, 1.82) is 0 Å². The van der Waals surface area contributed by atoms with Crippen molar-refractivity contribution in [2.45, 2.75) is 64.3 Å². The van der Waals surface area contributed by atoms with Crippen LogP contribution >= 0.6 is 0 Å². The molecule has 4 aliphatic carbocycles. The Morgan fingerprint density at radius 1 is 1.05 bits per heavy atom. The second-order valence-electron chi connectivity index (χ2n) is 8.86. The van der Waals surface area contributed by atoms with Gasteiger partial charge in [-0.05, 0) is 80.6 Å². The lowest BCUT2D eigenvalue weighted by Gasteiger charge is -2.56. The first kappa shape index (κ1) is 14.0. The standard InChI is InChI=1S/C18H30N2O/c1-12-2-16(11-19-10-12)20-17(21)9-18-6-13-3-14(7-18)5-15(4-13)8-18/h12-16,19H,2-11H2,1H3,(H,20,21). The highest BCUT2D eigenvalue weighted by Gasteiger charge is 2.51. The van der Waals surface area contributed by atoms with Crippen LogP contribution in [0, 0.1) is 29.1 Å². The maximum atomic E-state index is 12.6. The molecule has 1 saturated heterocycles. The van der Waals surface area contributed by atoms with E-state index >= 15 is 0 Å². The summed E-state index contributed by atoms with van der Waals surface area (Å²) in [4.78, 5) is 12.6. The average molecular weight is 290 g/mol. The Morgan fingerprint density at radius 2 is 1.67 bits per heavy atom. The molecule has 1 aliphatic heterocycles. The average Bonchev–Trinajstić information content (AvgIpc) is 2.35. The van der Waals surface area contributed by atoms with Crippen molar-refractivity contribution >= 4 is 5.91 Å². The quantitative estimate of drug-likeness (QED) is 0.839. The normalized spacial score (nSPS) is 48.3. The molecule has 2 atom stereocenters. The molecular weight excluding hydrogens is 260 g/mol.